The summed E-state index contributed by atoms with van der Waals surface area (Å²) in [7, 11) is 0. The van der Waals surface area contributed by atoms with E-state index in [0.29, 0.717) is 6.04 Å². The molecule has 1 atom stereocenters. The van der Waals surface area contributed by atoms with Gasteiger partial charge in [0.05, 0.1) is 0 Å². The normalized spacial score (nSPS) is 14.7. The molecule has 2 aromatic carbocycles. The van der Waals surface area contributed by atoms with Crippen LogP contribution in [0.3, 0.4) is 0 Å². The molecule has 5 nitrogen and oxygen atoms in total. The summed E-state index contributed by atoms with van der Waals surface area (Å²) in [4.78, 5) is 13.3. The average Bonchev–Trinajstić information content (AvgIpc) is 3.46. The molecule has 144 valence electrons. The van der Waals surface area contributed by atoms with Crippen LogP contribution in [0, 0.1) is 20.8 Å². The Kier molecular flexibility index (Phi) is 5.22. The van der Waals surface area contributed by atoms with Crippen molar-refractivity contribution in [1.29, 1.82) is 0 Å². The fourth-order valence-corrected chi connectivity index (χ4v) is 4.41. The minimum absolute atomic E-state index is 0.0482. The summed E-state index contributed by atoms with van der Waals surface area (Å²) in [5.41, 5.74) is 3.98. The Balaban J connectivity index is 1.64. The average molecular weight is 393 g/mol. The molecule has 1 heterocycles. The molecule has 1 amide bonds. The predicted molar refractivity (Wildman–Crippen MR) is 113 cm³/mol. The lowest BCUT2D eigenvalue weighted by Gasteiger charge is -2.18. The molecule has 0 radical (unpaired) electrons. The van der Waals surface area contributed by atoms with Gasteiger partial charge in [-0.15, -0.1) is 10.2 Å². The number of nitrogens with zero attached hydrogens (tertiary/aromatic N) is 3. The maximum atomic E-state index is 13.3. The number of carbonyl (C=O) groups is 1. The topological polar surface area (TPSA) is 59.8 Å². The van der Waals surface area contributed by atoms with Gasteiger partial charge < -0.3 is 9.88 Å². The number of thioether (sulfide) groups is 1. The SMILES string of the molecule is Cc1ccc(C)c(NC(=O)[C@@H](Sc2nnc(C)n2C2CC2)c2ccccc2)c1. The van der Waals surface area contributed by atoms with Gasteiger partial charge in [-0.1, -0.05) is 54.2 Å². The Morgan fingerprint density at radius 1 is 1.11 bits per heavy atom. The summed E-state index contributed by atoms with van der Waals surface area (Å²) in [5.74, 6) is 0.861. The highest BCUT2D eigenvalue weighted by molar-refractivity contribution is 8.00. The third-order valence-corrected chi connectivity index (χ3v) is 6.17. The number of benzene rings is 2. The molecular weight excluding hydrogens is 368 g/mol. The van der Waals surface area contributed by atoms with Gasteiger partial charge in [-0.3, -0.25) is 4.79 Å². The summed E-state index contributed by atoms with van der Waals surface area (Å²) in [6.07, 6.45) is 2.30. The van der Waals surface area contributed by atoms with E-state index >= 15 is 0 Å². The fraction of sp³-hybridized carbons (Fsp3) is 0.318. The van der Waals surface area contributed by atoms with Gasteiger partial charge in [0.15, 0.2) is 5.16 Å². The van der Waals surface area contributed by atoms with E-state index in [4.69, 9.17) is 0 Å². The Hall–Kier alpha value is -2.60. The Labute approximate surface area is 169 Å². The van der Waals surface area contributed by atoms with Gasteiger partial charge in [0, 0.05) is 11.7 Å². The number of hydrogen-bond donors (Lipinski definition) is 1. The molecule has 0 spiro atoms. The molecule has 4 rings (SSSR count). The van der Waals surface area contributed by atoms with E-state index in [0.717, 1.165) is 46.2 Å². The maximum absolute atomic E-state index is 13.3. The highest BCUT2D eigenvalue weighted by Gasteiger charge is 2.31. The van der Waals surface area contributed by atoms with E-state index in [2.05, 4.69) is 26.1 Å². The van der Waals surface area contributed by atoms with E-state index in [1.807, 2.05) is 63.2 Å². The first-order chi connectivity index (χ1) is 13.5. The van der Waals surface area contributed by atoms with Gasteiger partial charge in [0.2, 0.25) is 5.91 Å². The van der Waals surface area contributed by atoms with Crippen molar-refractivity contribution in [2.45, 2.75) is 50.1 Å². The zero-order chi connectivity index (χ0) is 19.7. The predicted octanol–water partition coefficient (Wildman–Crippen LogP) is 5.01. The molecule has 28 heavy (non-hydrogen) atoms. The third-order valence-electron chi connectivity index (χ3n) is 4.96. The van der Waals surface area contributed by atoms with Crippen LogP contribution < -0.4 is 5.32 Å². The smallest absolute Gasteiger partial charge is 0.242 e. The highest BCUT2D eigenvalue weighted by atomic mass is 32.2. The van der Waals surface area contributed by atoms with Gasteiger partial charge in [-0.05, 0) is 56.4 Å². The number of carbonyl (C=O) groups excluding carboxylic acids is 1. The molecular formula is C22H24N4OS. The van der Waals surface area contributed by atoms with Crippen molar-refractivity contribution < 1.29 is 4.79 Å². The van der Waals surface area contributed by atoms with Crippen LogP contribution >= 0.6 is 11.8 Å². The van der Waals surface area contributed by atoms with Gasteiger partial charge in [0.1, 0.15) is 11.1 Å². The van der Waals surface area contributed by atoms with E-state index in [-0.39, 0.29) is 5.91 Å². The van der Waals surface area contributed by atoms with E-state index in [9.17, 15) is 4.79 Å². The van der Waals surface area contributed by atoms with Crippen LogP contribution in [0.25, 0.3) is 0 Å². The van der Waals surface area contributed by atoms with Crippen LogP contribution in [0.1, 0.15) is 46.6 Å². The maximum Gasteiger partial charge on any atom is 0.242 e. The second-order valence-corrected chi connectivity index (χ2v) is 8.42. The molecule has 0 bridgehead atoms. The van der Waals surface area contributed by atoms with Crippen LogP contribution in [0.5, 0.6) is 0 Å². The highest BCUT2D eigenvalue weighted by Crippen LogP contribution is 2.42. The monoisotopic (exact) mass is 392 g/mol. The van der Waals surface area contributed by atoms with Crippen molar-refractivity contribution in [2.24, 2.45) is 0 Å². The molecule has 0 unspecified atom stereocenters. The van der Waals surface area contributed by atoms with Crippen LogP contribution in [0.2, 0.25) is 0 Å². The number of aryl methyl sites for hydroxylation is 3. The standard InChI is InChI=1S/C22H24N4OS/c1-14-9-10-15(2)19(13-14)23-21(27)20(17-7-5-4-6-8-17)28-22-25-24-16(3)26(22)18-11-12-18/h4-10,13,18,20H,11-12H2,1-3H3,(H,23,27)/t20-/m0/s1. The van der Waals surface area contributed by atoms with Gasteiger partial charge in [0.25, 0.3) is 0 Å². The second-order valence-electron chi connectivity index (χ2n) is 7.35. The van der Waals surface area contributed by atoms with E-state index in [1.54, 1.807) is 0 Å². The van der Waals surface area contributed by atoms with E-state index < -0.39 is 5.25 Å². The van der Waals surface area contributed by atoms with Crippen molar-refractivity contribution in [3.63, 3.8) is 0 Å². The molecule has 6 heteroatoms. The molecule has 3 aromatic rings. The van der Waals surface area contributed by atoms with Gasteiger partial charge in [-0.25, -0.2) is 0 Å². The van der Waals surface area contributed by atoms with Gasteiger partial charge >= 0.3 is 0 Å². The number of anilines is 1. The number of rotatable bonds is 6. The van der Waals surface area contributed by atoms with Crippen molar-refractivity contribution in [3.05, 3.63) is 71.0 Å². The Bertz CT molecular complexity index is 995. The first kappa shape index (κ1) is 18.7. The van der Waals surface area contributed by atoms with E-state index in [1.165, 1.54) is 11.8 Å². The van der Waals surface area contributed by atoms with Gasteiger partial charge in [-0.2, -0.15) is 0 Å². The number of hydrogen-bond acceptors (Lipinski definition) is 4. The van der Waals surface area contributed by atoms with Crippen LogP contribution in [0.4, 0.5) is 5.69 Å². The lowest BCUT2D eigenvalue weighted by Crippen LogP contribution is -2.20. The van der Waals surface area contributed by atoms with Crippen molar-refractivity contribution in [3.8, 4) is 0 Å². The Morgan fingerprint density at radius 2 is 1.86 bits per heavy atom. The molecule has 0 saturated heterocycles. The minimum atomic E-state index is -0.401. The lowest BCUT2D eigenvalue weighted by molar-refractivity contribution is -0.115. The molecule has 1 N–H and O–H groups in total. The summed E-state index contributed by atoms with van der Waals surface area (Å²) >= 11 is 1.47. The number of nitrogens with one attached hydrogen (secondary N) is 1. The zero-order valence-corrected chi connectivity index (χ0v) is 17.2. The fourth-order valence-electron chi connectivity index (χ4n) is 3.26. The van der Waals surface area contributed by atoms with Crippen LogP contribution in [-0.4, -0.2) is 20.7 Å². The van der Waals surface area contributed by atoms with Crippen molar-refractivity contribution >= 4 is 23.4 Å². The van der Waals surface area contributed by atoms with Crippen LogP contribution in [-0.2, 0) is 4.79 Å². The molecule has 1 fully saturated rings. The molecule has 1 aliphatic rings. The molecule has 1 aliphatic carbocycles. The number of amides is 1. The second kappa shape index (κ2) is 7.80. The van der Waals surface area contributed by atoms with Crippen LogP contribution in [0.15, 0.2) is 53.7 Å². The molecule has 0 aliphatic heterocycles. The first-order valence-corrected chi connectivity index (χ1v) is 10.4. The summed E-state index contributed by atoms with van der Waals surface area (Å²) in [6, 6.07) is 16.4. The molecule has 1 saturated carbocycles. The third kappa shape index (κ3) is 3.97. The lowest BCUT2D eigenvalue weighted by atomic mass is 10.1. The summed E-state index contributed by atoms with van der Waals surface area (Å²) in [6.45, 7) is 6.01. The zero-order valence-electron chi connectivity index (χ0n) is 16.3. The number of aromatic nitrogens is 3. The first-order valence-electron chi connectivity index (χ1n) is 9.54. The summed E-state index contributed by atoms with van der Waals surface area (Å²) in [5, 5.41) is 12.1. The van der Waals surface area contributed by atoms with Crippen molar-refractivity contribution in [1.82, 2.24) is 14.8 Å². The largest absolute Gasteiger partial charge is 0.325 e. The summed E-state index contributed by atoms with van der Waals surface area (Å²) < 4.78 is 2.17. The Morgan fingerprint density at radius 3 is 2.57 bits per heavy atom. The quantitative estimate of drug-likeness (QED) is 0.599. The molecule has 1 aromatic heterocycles. The van der Waals surface area contributed by atoms with Crippen molar-refractivity contribution in [2.75, 3.05) is 5.32 Å². The minimum Gasteiger partial charge on any atom is -0.325 e.